The molecule has 0 aliphatic heterocycles. The molecule has 3 nitrogen and oxygen atoms in total. The summed E-state index contributed by atoms with van der Waals surface area (Å²) in [6.45, 7) is 9.32. The summed E-state index contributed by atoms with van der Waals surface area (Å²) in [7, 11) is 0. The van der Waals surface area contributed by atoms with Crippen molar-refractivity contribution in [2.45, 2.75) is 26.4 Å². The second-order valence-corrected chi connectivity index (χ2v) is 5.58. The molecule has 0 unspecified atom stereocenters. The molecule has 0 atom stereocenters. The first-order chi connectivity index (χ1) is 9.40. The average molecular weight is 269 g/mol. The lowest BCUT2D eigenvalue weighted by molar-refractivity contribution is 0.0636. The van der Waals surface area contributed by atoms with Crippen LogP contribution < -0.4 is 5.32 Å². The lowest BCUT2D eigenvalue weighted by atomic mass is 10.0. The number of fused-ring (bicyclic) bond motifs is 1. The second-order valence-electron chi connectivity index (χ2n) is 5.58. The molecule has 1 N–H and O–H groups in total. The van der Waals surface area contributed by atoms with E-state index < -0.39 is 11.7 Å². The second kappa shape index (κ2) is 5.37. The van der Waals surface area contributed by atoms with Gasteiger partial charge in [-0.2, -0.15) is 0 Å². The minimum absolute atomic E-state index is 0.450. The normalized spacial score (nSPS) is 11.2. The van der Waals surface area contributed by atoms with Gasteiger partial charge in [-0.05, 0) is 37.8 Å². The van der Waals surface area contributed by atoms with E-state index in [1.165, 1.54) is 0 Å². The third kappa shape index (κ3) is 3.18. The van der Waals surface area contributed by atoms with Crippen molar-refractivity contribution in [1.82, 2.24) is 0 Å². The number of anilines is 1. The van der Waals surface area contributed by atoms with Crippen LogP contribution in [0.15, 0.2) is 43.0 Å². The van der Waals surface area contributed by atoms with Crippen LogP contribution in [0.4, 0.5) is 10.5 Å². The SMILES string of the molecule is C=Cc1ccc(NC(=O)OC(C)(C)C)c2ccccc12. The molecule has 0 aliphatic rings. The van der Waals surface area contributed by atoms with Crippen molar-refractivity contribution in [1.29, 1.82) is 0 Å². The van der Waals surface area contributed by atoms with Crippen LogP contribution in [0.2, 0.25) is 0 Å². The van der Waals surface area contributed by atoms with Gasteiger partial charge in [0.15, 0.2) is 0 Å². The number of ether oxygens (including phenoxy) is 1. The molecule has 2 rings (SSSR count). The largest absolute Gasteiger partial charge is 0.444 e. The van der Waals surface area contributed by atoms with Crippen LogP contribution >= 0.6 is 0 Å². The molecule has 0 saturated carbocycles. The molecule has 2 aromatic carbocycles. The van der Waals surface area contributed by atoms with Gasteiger partial charge in [0.25, 0.3) is 0 Å². The van der Waals surface area contributed by atoms with Crippen molar-refractivity contribution in [2.24, 2.45) is 0 Å². The van der Waals surface area contributed by atoms with E-state index in [0.717, 1.165) is 22.0 Å². The van der Waals surface area contributed by atoms with Crippen LogP contribution in [0.5, 0.6) is 0 Å². The first-order valence-corrected chi connectivity index (χ1v) is 6.55. The van der Waals surface area contributed by atoms with Gasteiger partial charge in [0.05, 0.1) is 5.69 Å². The zero-order chi connectivity index (χ0) is 14.8. The summed E-state index contributed by atoms with van der Waals surface area (Å²) in [5, 5.41) is 4.82. The number of hydrogen-bond donors (Lipinski definition) is 1. The summed E-state index contributed by atoms with van der Waals surface area (Å²) < 4.78 is 5.28. The molecule has 0 radical (unpaired) electrons. The van der Waals surface area contributed by atoms with E-state index in [2.05, 4.69) is 11.9 Å². The first kappa shape index (κ1) is 14.1. The summed E-state index contributed by atoms with van der Waals surface area (Å²) in [4.78, 5) is 11.9. The van der Waals surface area contributed by atoms with Crippen LogP contribution in [0, 0.1) is 0 Å². The quantitative estimate of drug-likeness (QED) is 0.848. The van der Waals surface area contributed by atoms with E-state index in [-0.39, 0.29) is 0 Å². The Morgan fingerprint density at radius 2 is 1.80 bits per heavy atom. The lowest BCUT2D eigenvalue weighted by Gasteiger charge is -2.20. The van der Waals surface area contributed by atoms with E-state index in [4.69, 9.17) is 4.74 Å². The molecule has 20 heavy (non-hydrogen) atoms. The Balaban J connectivity index is 2.36. The number of nitrogens with one attached hydrogen (secondary N) is 1. The number of rotatable bonds is 2. The van der Waals surface area contributed by atoms with E-state index in [0.29, 0.717) is 0 Å². The van der Waals surface area contributed by atoms with E-state index in [9.17, 15) is 4.79 Å². The lowest BCUT2D eigenvalue weighted by Crippen LogP contribution is -2.27. The highest BCUT2D eigenvalue weighted by Gasteiger charge is 2.17. The Morgan fingerprint density at radius 3 is 2.40 bits per heavy atom. The molecule has 0 aromatic heterocycles. The zero-order valence-corrected chi connectivity index (χ0v) is 12.1. The standard InChI is InChI=1S/C17H19NO2/c1-5-12-10-11-15(14-9-7-6-8-13(12)14)18-16(19)20-17(2,3)4/h5-11H,1H2,2-4H3,(H,18,19). The number of hydrogen-bond acceptors (Lipinski definition) is 2. The summed E-state index contributed by atoms with van der Waals surface area (Å²) in [5.74, 6) is 0. The highest BCUT2D eigenvalue weighted by Crippen LogP contribution is 2.27. The van der Waals surface area contributed by atoms with Gasteiger partial charge >= 0.3 is 6.09 Å². The third-order valence-electron chi connectivity index (χ3n) is 2.81. The monoisotopic (exact) mass is 269 g/mol. The number of benzene rings is 2. The third-order valence-corrected chi connectivity index (χ3v) is 2.81. The predicted molar refractivity (Wildman–Crippen MR) is 83.9 cm³/mol. The first-order valence-electron chi connectivity index (χ1n) is 6.55. The summed E-state index contributed by atoms with van der Waals surface area (Å²) in [6.07, 6.45) is 1.36. The van der Waals surface area contributed by atoms with Gasteiger partial charge in [-0.3, -0.25) is 5.32 Å². The fourth-order valence-electron chi connectivity index (χ4n) is 2.02. The van der Waals surface area contributed by atoms with E-state index in [1.807, 2.05) is 57.2 Å². The molecule has 0 bridgehead atoms. The molecule has 0 fully saturated rings. The van der Waals surface area contributed by atoms with Gasteiger partial charge in [-0.1, -0.05) is 43.0 Å². The smallest absolute Gasteiger partial charge is 0.412 e. The van der Waals surface area contributed by atoms with Gasteiger partial charge in [0, 0.05) is 5.39 Å². The van der Waals surface area contributed by atoms with Crippen LogP contribution in [0.1, 0.15) is 26.3 Å². The fourth-order valence-corrected chi connectivity index (χ4v) is 2.02. The molecule has 3 heteroatoms. The average Bonchev–Trinajstić information content (AvgIpc) is 2.37. The van der Waals surface area contributed by atoms with Crippen molar-refractivity contribution in [3.05, 3.63) is 48.5 Å². The van der Waals surface area contributed by atoms with Crippen molar-refractivity contribution in [3.8, 4) is 0 Å². The maximum absolute atomic E-state index is 11.9. The minimum Gasteiger partial charge on any atom is -0.444 e. The number of carbonyl (C=O) groups is 1. The van der Waals surface area contributed by atoms with E-state index >= 15 is 0 Å². The minimum atomic E-state index is -0.513. The Hall–Kier alpha value is -2.29. The van der Waals surface area contributed by atoms with Crippen LogP contribution in [0.25, 0.3) is 16.8 Å². The van der Waals surface area contributed by atoms with Crippen molar-refractivity contribution in [2.75, 3.05) is 5.32 Å². The predicted octanol–water partition coefficient (Wildman–Crippen LogP) is 4.83. The molecule has 1 amide bonds. The molecule has 0 saturated heterocycles. The van der Waals surface area contributed by atoms with Crippen molar-refractivity contribution < 1.29 is 9.53 Å². The van der Waals surface area contributed by atoms with Crippen LogP contribution in [0.3, 0.4) is 0 Å². The highest BCUT2D eigenvalue weighted by atomic mass is 16.6. The summed E-state index contributed by atoms with van der Waals surface area (Å²) in [5.41, 5.74) is 1.26. The van der Waals surface area contributed by atoms with Crippen molar-refractivity contribution >= 4 is 28.6 Å². The Labute approximate surface area is 119 Å². The Bertz CT molecular complexity index is 654. The van der Waals surface area contributed by atoms with Crippen LogP contribution in [-0.4, -0.2) is 11.7 Å². The summed E-state index contributed by atoms with van der Waals surface area (Å²) >= 11 is 0. The fraction of sp³-hybridized carbons (Fsp3) is 0.235. The van der Waals surface area contributed by atoms with Gasteiger partial charge in [0.2, 0.25) is 0 Å². The topological polar surface area (TPSA) is 38.3 Å². The van der Waals surface area contributed by atoms with Crippen LogP contribution in [-0.2, 0) is 4.74 Å². The van der Waals surface area contributed by atoms with Gasteiger partial charge in [-0.25, -0.2) is 4.79 Å². The number of carbonyl (C=O) groups excluding carboxylic acids is 1. The number of amides is 1. The zero-order valence-electron chi connectivity index (χ0n) is 12.1. The van der Waals surface area contributed by atoms with E-state index in [1.54, 1.807) is 6.08 Å². The Morgan fingerprint density at radius 1 is 1.15 bits per heavy atom. The summed E-state index contributed by atoms with van der Waals surface area (Å²) in [6, 6.07) is 11.7. The van der Waals surface area contributed by atoms with Gasteiger partial charge in [-0.15, -0.1) is 0 Å². The molecule has 2 aromatic rings. The van der Waals surface area contributed by atoms with Gasteiger partial charge < -0.3 is 4.74 Å². The van der Waals surface area contributed by atoms with Crippen molar-refractivity contribution in [3.63, 3.8) is 0 Å². The molecule has 0 spiro atoms. The molecular weight excluding hydrogens is 250 g/mol. The Kier molecular flexibility index (Phi) is 3.79. The maximum atomic E-state index is 11.9. The van der Waals surface area contributed by atoms with Gasteiger partial charge in [0.1, 0.15) is 5.60 Å². The maximum Gasteiger partial charge on any atom is 0.412 e. The highest BCUT2D eigenvalue weighted by molar-refractivity contribution is 6.03. The molecule has 0 heterocycles. The molecule has 104 valence electrons. The molecule has 0 aliphatic carbocycles. The molecular formula is C17H19NO2.